The van der Waals surface area contributed by atoms with Gasteiger partial charge in [-0.05, 0) is 30.4 Å². The van der Waals surface area contributed by atoms with Crippen molar-refractivity contribution in [2.75, 3.05) is 7.11 Å². The lowest BCUT2D eigenvalue weighted by atomic mass is 9.86. The number of rotatable bonds is 4. The summed E-state index contributed by atoms with van der Waals surface area (Å²) in [5, 5.41) is 0.835. The van der Waals surface area contributed by atoms with E-state index in [2.05, 4.69) is 0 Å². The Bertz CT molecular complexity index is 440. The van der Waals surface area contributed by atoms with Crippen LogP contribution in [0, 0.1) is 5.92 Å². The fourth-order valence-corrected chi connectivity index (χ4v) is 3.25. The van der Waals surface area contributed by atoms with Gasteiger partial charge >= 0.3 is 0 Å². The summed E-state index contributed by atoms with van der Waals surface area (Å²) in [7, 11) is 1.55. The van der Waals surface area contributed by atoms with Gasteiger partial charge in [-0.1, -0.05) is 42.1 Å². The van der Waals surface area contributed by atoms with E-state index >= 15 is 0 Å². The number of methoxy groups -OCH3 is 1. The lowest BCUT2D eigenvalue weighted by Gasteiger charge is -2.20. The molecule has 0 spiro atoms. The van der Waals surface area contributed by atoms with E-state index < -0.39 is 0 Å². The molecule has 2 nitrogen and oxygen atoms in total. The largest absolute Gasteiger partial charge is 0.495 e. The first-order valence-corrected chi connectivity index (χ1v) is 6.91. The van der Waals surface area contributed by atoms with Crippen LogP contribution in [-0.2, 0) is 4.79 Å². The van der Waals surface area contributed by atoms with Crippen molar-refractivity contribution in [3.8, 4) is 5.75 Å². The molecule has 1 saturated carbocycles. The smallest absolute Gasteiger partial charge is 0.138 e. The number of ether oxygens (including phenoxy) is 1. The minimum atomic E-state index is -0.150. The highest BCUT2D eigenvalue weighted by atomic mass is 35.5. The molecule has 2 rings (SSSR count). The lowest BCUT2D eigenvalue weighted by Crippen LogP contribution is -2.12. The Balaban J connectivity index is 2.36. The molecular formula is C14H16Cl2O2. The van der Waals surface area contributed by atoms with Crippen LogP contribution in [0.1, 0.15) is 37.2 Å². The van der Waals surface area contributed by atoms with E-state index in [-0.39, 0.29) is 5.92 Å². The zero-order chi connectivity index (χ0) is 13.1. The highest BCUT2D eigenvalue weighted by Crippen LogP contribution is 2.42. The van der Waals surface area contributed by atoms with Crippen molar-refractivity contribution in [3.63, 3.8) is 0 Å². The van der Waals surface area contributed by atoms with E-state index in [0.717, 1.165) is 24.7 Å². The van der Waals surface area contributed by atoms with Crippen molar-refractivity contribution in [1.82, 2.24) is 0 Å². The average Bonchev–Trinajstić information content (AvgIpc) is 2.89. The van der Waals surface area contributed by atoms with Crippen molar-refractivity contribution in [1.29, 1.82) is 0 Å². The Labute approximate surface area is 117 Å². The molecule has 4 heteroatoms. The molecule has 1 aliphatic carbocycles. The summed E-state index contributed by atoms with van der Waals surface area (Å²) in [5.41, 5.74) is 0.823. The molecule has 0 bridgehead atoms. The second kappa shape index (κ2) is 5.94. The lowest BCUT2D eigenvalue weighted by molar-refractivity contribution is -0.110. The Morgan fingerprint density at radius 3 is 2.50 bits per heavy atom. The summed E-state index contributed by atoms with van der Waals surface area (Å²) in [6.07, 6.45) is 5.56. The molecule has 0 heterocycles. The van der Waals surface area contributed by atoms with Gasteiger partial charge in [0.25, 0.3) is 0 Å². The van der Waals surface area contributed by atoms with Crippen LogP contribution in [-0.4, -0.2) is 13.4 Å². The first kappa shape index (κ1) is 13.7. The highest BCUT2D eigenvalue weighted by Gasteiger charge is 2.28. The monoisotopic (exact) mass is 286 g/mol. The van der Waals surface area contributed by atoms with Crippen molar-refractivity contribution < 1.29 is 9.53 Å². The van der Waals surface area contributed by atoms with Gasteiger partial charge in [0.1, 0.15) is 17.1 Å². The van der Waals surface area contributed by atoms with E-state index in [4.69, 9.17) is 27.9 Å². The Kier molecular flexibility index (Phi) is 4.52. The van der Waals surface area contributed by atoms with Gasteiger partial charge in [0.15, 0.2) is 0 Å². The molecular weight excluding hydrogens is 271 g/mol. The van der Waals surface area contributed by atoms with Gasteiger partial charge < -0.3 is 9.53 Å². The molecule has 0 saturated heterocycles. The van der Waals surface area contributed by atoms with Crippen molar-refractivity contribution in [3.05, 3.63) is 27.7 Å². The van der Waals surface area contributed by atoms with Crippen LogP contribution in [0.3, 0.4) is 0 Å². The summed E-state index contributed by atoms with van der Waals surface area (Å²) in [6.45, 7) is 0. The molecule has 0 unspecified atom stereocenters. The van der Waals surface area contributed by atoms with Crippen molar-refractivity contribution in [2.45, 2.75) is 31.6 Å². The molecule has 1 fully saturated rings. The summed E-state index contributed by atoms with van der Waals surface area (Å²) in [6, 6.07) is 3.62. The molecule has 0 amide bonds. The summed E-state index contributed by atoms with van der Waals surface area (Å²) in [4.78, 5) is 11.4. The van der Waals surface area contributed by atoms with Gasteiger partial charge in [-0.25, -0.2) is 0 Å². The number of carbonyl (C=O) groups excluding carboxylic acids is 1. The Morgan fingerprint density at radius 2 is 1.94 bits per heavy atom. The zero-order valence-electron chi connectivity index (χ0n) is 10.3. The van der Waals surface area contributed by atoms with E-state index in [9.17, 15) is 4.79 Å². The summed E-state index contributed by atoms with van der Waals surface area (Å²) >= 11 is 12.4. The second-order valence-corrected chi connectivity index (χ2v) is 5.45. The Hall–Kier alpha value is -0.730. The molecule has 1 aromatic carbocycles. The number of halogens is 2. The Morgan fingerprint density at radius 1 is 1.28 bits per heavy atom. The molecule has 0 N–H and O–H groups in total. The standard InChI is InChI=1S/C14H16Cl2O2/c1-18-12-7-6-10(13(15)14(12)16)11(8-17)9-4-2-3-5-9/h6-9,11H,2-5H2,1H3/t11-/m0/s1. The van der Waals surface area contributed by atoms with Crippen LogP contribution >= 0.6 is 23.2 Å². The van der Waals surface area contributed by atoms with E-state index in [0.29, 0.717) is 21.7 Å². The van der Waals surface area contributed by atoms with Crippen LogP contribution in [0.4, 0.5) is 0 Å². The third kappa shape index (κ3) is 2.50. The van der Waals surface area contributed by atoms with Crippen LogP contribution in [0.25, 0.3) is 0 Å². The highest BCUT2D eigenvalue weighted by molar-refractivity contribution is 6.43. The molecule has 1 aliphatic rings. The molecule has 0 aromatic heterocycles. The van der Waals surface area contributed by atoms with Gasteiger partial charge in [0.2, 0.25) is 0 Å². The average molecular weight is 287 g/mol. The number of aldehydes is 1. The van der Waals surface area contributed by atoms with Crippen LogP contribution < -0.4 is 4.74 Å². The first-order chi connectivity index (χ1) is 8.69. The minimum Gasteiger partial charge on any atom is -0.495 e. The topological polar surface area (TPSA) is 26.3 Å². The molecule has 0 radical (unpaired) electrons. The quantitative estimate of drug-likeness (QED) is 0.763. The third-order valence-electron chi connectivity index (χ3n) is 3.71. The minimum absolute atomic E-state index is 0.150. The summed E-state index contributed by atoms with van der Waals surface area (Å²) in [5.74, 6) is 0.786. The van der Waals surface area contributed by atoms with Gasteiger partial charge in [0, 0.05) is 5.92 Å². The fourth-order valence-electron chi connectivity index (χ4n) is 2.72. The molecule has 98 valence electrons. The van der Waals surface area contributed by atoms with Gasteiger partial charge in [-0.2, -0.15) is 0 Å². The maximum Gasteiger partial charge on any atom is 0.138 e. The van der Waals surface area contributed by atoms with Crippen LogP contribution in [0.15, 0.2) is 12.1 Å². The SMILES string of the molecule is COc1ccc([C@@H](C=O)C2CCCC2)c(Cl)c1Cl. The number of benzene rings is 1. The normalized spacial score (nSPS) is 17.7. The van der Waals surface area contributed by atoms with Crippen molar-refractivity contribution in [2.24, 2.45) is 5.92 Å². The molecule has 0 aliphatic heterocycles. The summed E-state index contributed by atoms with van der Waals surface area (Å²) < 4.78 is 5.11. The predicted octanol–water partition coefficient (Wildman–Crippen LogP) is 4.47. The van der Waals surface area contributed by atoms with Gasteiger partial charge in [-0.3, -0.25) is 0 Å². The second-order valence-electron chi connectivity index (χ2n) is 4.69. The van der Waals surface area contributed by atoms with E-state index in [1.165, 1.54) is 12.8 Å². The maximum atomic E-state index is 11.4. The van der Waals surface area contributed by atoms with Crippen LogP contribution in [0.2, 0.25) is 10.0 Å². The van der Waals surface area contributed by atoms with E-state index in [1.807, 2.05) is 6.07 Å². The predicted molar refractivity (Wildman–Crippen MR) is 73.8 cm³/mol. The fraction of sp³-hybridized carbons (Fsp3) is 0.500. The molecule has 18 heavy (non-hydrogen) atoms. The number of hydrogen-bond acceptors (Lipinski definition) is 2. The number of carbonyl (C=O) groups is 1. The number of hydrogen-bond donors (Lipinski definition) is 0. The third-order valence-corrected chi connectivity index (χ3v) is 4.59. The maximum absolute atomic E-state index is 11.4. The zero-order valence-corrected chi connectivity index (χ0v) is 11.8. The van der Waals surface area contributed by atoms with Crippen LogP contribution in [0.5, 0.6) is 5.75 Å². The van der Waals surface area contributed by atoms with Gasteiger partial charge in [-0.15, -0.1) is 0 Å². The molecule has 1 aromatic rings. The first-order valence-electron chi connectivity index (χ1n) is 6.16. The van der Waals surface area contributed by atoms with Gasteiger partial charge in [0.05, 0.1) is 12.1 Å². The molecule has 1 atom stereocenters. The van der Waals surface area contributed by atoms with Crippen molar-refractivity contribution >= 4 is 29.5 Å². The van der Waals surface area contributed by atoms with E-state index in [1.54, 1.807) is 13.2 Å².